The van der Waals surface area contributed by atoms with Crippen LogP contribution in [0.25, 0.3) is 0 Å². The summed E-state index contributed by atoms with van der Waals surface area (Å²) in [5.74, 6) is 0.170. The molecule has 4 heteroatoms. The number of rotatable bonds is 3. The second-order valence-corrected chi connectivity index (χ2v) is 5.24. The van der Waals surface area contributed by atoms with Crippen LogP contribution in [0.3, 0.4) is 0 Å². The number of hydrogen-bond donors (Lipinski definition) is 1. The van der Waals surface area contributed by atoms with Crippen LogP contribution in [0.1, 0.15) is 25.0 Å². The van der Waals surface area contributed by atoms with Gasteiger partial charge in [0.25, 0.3) is 0 Å². The highest BCUT2D eigenvalue weighted by molar-refractivity contribution is 5.79. The van der Waals surface area contributed by atoms with Crippen LogP contribution in [0, 0.1) is 0 Å². The summed E-state index contributed by atoms with van der Waals surface area (Å²) in [6.07, 6.45) is 0.571. The minimum absolute atomic E-state index is 0.125. The van der Waals surface area contributed by atoms with Crippen LogP contribution >= 0.6 is 0 Å². The van der Waals surface area contributed by atoms with E-state index in [-0.39, 0.29) is 18.1 Å². The summed E-state index contributed by atoms with van der Waals surface area (Å²) < 4.78 is 5.54. The predicted molar refractivity (Wildman–Crippen MR) is 74.6 cm³/mol. The third kappa shape index (κ3) is 3.55. The van der Waals surface area contributed by atoms with Crippen molar-refractivity contribution in [1.29, 1.82) is 0 Å². The SMILES string of the molecule is CC1CN(C(=O)Cc2ccc(CN)cc2)C(C)CO1. The normalized spacial score (nSPS) is 23.4. The second-order valence-electron chi connectivity index (χ2n) is 5.24. The third-order valence-electron chi connectivity index (χ3n) is 3.54. The van der Waals surface area contributed by atoms with Crippen LogP contribution in [0.2, 0.25) is 0 Å². The molecular weight excluding hydrogens is 240 g/mol. The fourth-order valence-corrected chi connectivity index (χ4v) is 2.32. The van der Waals surface area contributed by atoms with Gasteiger partial charge in [0, 0.05) is 13.1 Å². The lowest BCUT2D eigenvalue weighted by atomic mass is 10.1. The molecule has 2 N–H and O–H groups in total. The summed E-state index contributed by atoms with van der Waals surface area (Å²) in [6.45, 7) is 5.87. The molecule has 19 heavy (non-hydrogen) atoms. The molecule has 1 heterocycles. The van der Waals surface area contributed by atoms with Gasteiger partial charge in [-0.3, -0.25) is 4.79 Å². The molecule has 1 amide bonds. The van der Waals surface area contributed by atoms with Crippen LogP contribution < -0.4 is 5.73 Å². The highest BCUT2D eigenvalue weighted by Crippen LogP contribution is 2.14. The Balaban J connectivity index is 1.99. The zero-order valence-electron chi connectivity index (χ0n) is 11.6. The summed E-state index contributed by atoms with van der Waals surface area (Å²) in [4.78, 5) is 14.2. The van der Waals surface area contributed by atoms with Gasteiger partial charge < -0.3 is 15.4 Å². The fourth-order valence-electron chi connectivity index (χ4n) is 2.32. The molecule has 0 aliphatic carbocycles. The van der Waals surface area contributed by atoms with E-state index in [1.54, 1.807) is 0 Å². The summed E-state index contributed by atoms with van der Waals surface area (Å²) in [7, 11) is 0. The molecular formula is C15H22N2O2. The summed E-state index contributed by atoms with van der Waals surface area (Å²) in [5.41, 5.74) is 7.69. The topological polar surface area (TPSA) is 55.6 Å². The van der Waals surface area contributed by atoms with Gasteiger partial charge in [-0.1, -0.05) is 24.3 Å². The van der Waals surface area contributed by atoms with E-state index in [0.29, 0.717) is 26.1 Å². The smallest absolute Gasteiger partial charge is 0.227 e. The van der Waals surface area contributed by atoms with Gasteiger partial charge in [0.15, 0.2) is 0 Å². The first-order chi connectivity index (χ1) is 9.10. The quantitative estimate of drug-likeness (QED) is 0.894. The molecule has 0 saturated carbocycles. The Morgan fingerprint density at radius 2 is 1.95 bits per heavy atom. The van der Waals surface area contributed by atoms with Gasteiger partial charge in [-0.15, -0.1) is 0 Å². The predicted octanol–water partition coefficient (Wildman–Crippen LogP) is 1.32. The first-order valence-electron chi connectivity index (χ1n) is 6.79. The van der Waals surface area contributed by atoms with Crippen LogP contribution in [0.5, 0.6) is 0 Å². The lowest BCUT2D eigenvalue weighted by Crippen LogP contribution is -2.50. The number of nitrogens with two attached hydrogens (primary N) is 1. The fraction of sp³-hybridized carbons (Fsp3) is 0.533. The van der Waals surface area contributed by atoms with Gasteiger partial charge in [-0.25, -0.2) is 0 Å². The number of amides is 1. The zero-order valence-corrected chi connectivity index (χ0v) is 11.6. The molecule has 1 fully saturated rings. The molecule has 2 atom stereocenters. The van der Waals surface area contributed by atoms with E-state index in [4.69, 9.17) is 10.5 Å². The Labute approximate surface area is 114 Å². The molecule has 4 nitrogen and oxygen atoms in total. The number of benzene rings is 1. The standard InChI is InChI=1S/C15H22N2O2/c1-11-10-19-12(2)9-17(11)15(18)7-13-3-5-14(8-16)6-4-13/h3-6,11-12H,7-10,16H2,1-2H3. The number of hydrogen-bond acceptors (Lipinski definition) is 3. The Bertz CT molecular complexity index is 430. The first kappa shape index (κ1) is 14.0. The highest BCUT2D eigenvalue weighted by Gasteiger charge is 2.27. The maximum atomic E-state index is 12.3. The largest absolute Gasteiger partial charge is 0.375 e. The van der Waals surface area contributed by atoms with Crippen LogP contribution in [0.15, 0.2) is 24.3 Å². The van der Waals surface area contributed by atoms with Crippen LogP contribution in [-0.4, -0.2) is 36.1 Å². The monoisotopic (exact) mass is 262 g/mol. The molecule has 1 saturated heterocycles. The van der Waals surface area contributed by atoms with Crippen molar-refractivity contribution in [1.82, 2.24) is 4.90 Å². The van der Waals surface area contributed by atoms with E-state index >= 15 is 0 Å². The van der Waals surface area contributed by atoms with Crippen molar-refractivity contribution in [3.05, 3.63) is 35.4 Å². The minimum Gasteiger partial charge on any atom is -0.375 e. The Morgan fingerprint density at radius 1 is 1.32 bits per heavy atom. The highest BCUT2D eigenvalue weighted by atomic mass is 16.5. The molecule has 1 aliphatic rings. The first-order valence-corrected chi connectivity index (χ1v) is 6.79. The van der Waals surface area contributed by atoms with Gasteiger partial charge in [0.2, 0.25) is 5.91 Å². The molecule has 2 unspecified atom stereocenters. The second kappa shape index (κ2) is 6.17. The van der Waals surface area contributed by atoms with Crippen molar-refractivity contribution in [3.8, 4) is 0 Å². The summed E-state index contributed by atoms with van der Waals surface area (Å²) in [5, 5.41) is 0. The Kier molecular flexibility index (Phi) is 4.56. The lowest BCUT2D eigenvalue weighted by molar-refractivity contribution is -0.142. The van der Waals surface area contributed by atoms with Crippen LogP contribution in [-0.2, 0) is 22.5 Å². The molecule has 0 spiro atoms. The van der Waals surface area contributed by atoms with Crippen molar-refractivity contribution in [2.75, 3.05) is 13.2 Å². The van der Waals surface area contributed by atoms with E-state index in [1.807, 2.05) is 43.0 Å². The average Bonchev–Trinajstić information content (AvgIpc) is 2.42. The molecule has 1 aromatic carbocycles. The molecule has 1 aliphatic heterocycles. The molecule has 1 aromatic rings. The van der Waals surface area contributed by atoms with Gasteiger partial charge in [0.05, 0.1) is 25.2 Å². The lowest BCUT2D eigenvalue weighted by Gasteiger charge is -2.37. The zero-order chi connectivity index (χ0) is 13.8. The van der Waals surface area contributed by atoms with Crippen LogP contribution in [0.4, 0.5) is 0 Å². The van der Waals surface area contributed by atoms with Crippen molar-refractivity contribution in [2.45, 2.75) is 39.0 Å². The number of nitrogens with zero attached hydrogens (tertiary/aromatic N) is 1. The van der Waals surface area contributed by atoms with Gasteiger partial charge in [0.1, 0.15) is 0 Å². The molecule has 0 radical (unpaired) electrons. The molecule has 104 valence electrons. The summed E-state index contributed by atoms with van der Waals surface area (Å²) in [6, 6.07) is 8.08. The van der Waals surface area contributed by atoms with Crippen molar-refractivity contribution in [2.24, 2.45) is 5.73 Å². The Hall–Kier alpha value is -1.39. The van der Waals surface area contributed by atoms with E-state index in [2.05, 4.69) is 0 Å². The summed E-state index contributed by atoms with van der Waals surface area (Å²) >= 11 is 0. The van der Waals surface area contributed by atoms with E-state index < -0.39 is 0 Å². The van der Waals surface area contributed by atoms with Gasteiger partial charge in [-0.2, -0.15) is 0 Å². The maximum Gasteiger partial charge on any atom is 0.227 e. The average molecular weight is 262 g/mol. The molecule has 0 aromatic heterocycles. The number of carbonyl (C=O) groups excluding carboxylic acids is 1. The van der Waals surface area contributed by atoms with Crippen molar-refractivity contribution >= 4 is 5.91 Å². The van der Waals surface area contributed by atoms with Gasteiger partial charge in [-0.05, 0) is 25.0 Å². The van der Waals surface area contributed by atoms with E-state index in [9.17, 15) is 4.79 Å². The number of ether oxygens (including phenoxy) is 1. The molecule has 2 rings (SSSR count). The maximum absolute atomic E-state index is 12.3. The Morgan fingerprint density at radius 3 is 2.58 bits per heavy atom. The minimum atomic E-state index is 0.125. The van der Waals surface area contributed by atoms with E-state index in [1.165, 1.54) is 0 Å². The van der Waals surface area contributed by atoms with Crippen molar-refractivity contribution in [3.63, 3.8) is 0 Å². The third-order valence-corrected chi connectivity index (χ3v) is 3.54. The number of carbonyl (C=O) groups is 1. The van der Waals surface area contributed by atoms with Gasteiger partial charge >= 0.3 is 0 Å². The number of morpholine rings is 1. The molecule has 0 bridgehead atoms. The van der Waals surface area contributed by atoms with E-state index in [0.717, 1.165) is 11.1 Å². The van der Waals surface area contributed by atoms with Crippen molar-refractivity contribution < 1.29 is 9.53 Å².